The topological polar surface area (TPSA) is 104 Å². The predicted molar refractivity (Wildman–Crippen MR) is 85.5 cm³/mol. The van der Waals surface area contributed by atoms with Crippen LogP contribution in [0, 0.1) is 5.92 Å². The lowest BCUT2D eigenvalue weighted by molar-refractivity contribution is -0.142. The normalized spacial score (nSPS) is 20.3. The molecule has 0 aliphatic heterocycles. The van der Waals surface area contributed by atoms with Crippen molar-refractivity contribution < 1.29 is 23.1 Å². The van der Waals surface area contributed by atoms with Crippen LogP contribution in [0.25, 0.3) is 0 Å². The molecule has 1 aromatic rings. The van der Waals surface area contributed by atoms with E-state index in [1.165, 1.54) is 0 Å². The van der Waals surface area contributed by atoms with Crippen molar-refractivity contribution in [1.29, 1.82) is 0 Å². The number of nitrogens with two attached hydrogens (primary N) is 1. The number of aromatic nitrogens is 2. The molecule has 0 aromatic carbocycles. The van der Waals surface area contributed by atoms with E-state index in [9.17, 15) is 23.1 Å². The number of aliphatic hydroxyl groups excluding tert-OH is 1. The Morgan fingerprint density at radius 2 is 2.24 bits per heavy atom. The summed E-state index contributed by atoms with van der Waals surface area (Å²) in [6.45, 7) is -0.215. The molecule has 2 rings (SSSR count). The van der Waals surface area contributed by atoms with Crippen LogP contribution in [-0.4, -0.2) is 40.4 Å². The van der Waals surface area contributed by atoms with Crippen LogP contribution in [0.15, 0.2) is 18.3 Å². The van der Waals surface area contributed by atoms with Gasteiger partial charge in [0.05, 0.1) is 24.8 Å². The summed E-state index contributed by atoms with van der Waals surface area (Å²) >= 11 is 0. The summed E-state index contributed by atoms with van der Waals surface area (Å²) in [7, 11) is 0. The fourth-order valence-electron chi connectivity index (χ4n) is 3.16. The molecule has 1 aliphatic rings. The third kappa shape index (κ3) is 4.82. The standard InChI is InChI=1S/C16H23F3N4O2/c17-16(18,19)14-12(8-21-23-14)11(6-7-20)15(25)22-13(9-24)10-4-2-1-3-5-10/h1-2,8,10-11,13,24H,3-7,9,20H2,(H,21,23)(H,22,25). The van der Waals surface area contributed by atoms with Crippen LogP contribution >= 0.6 is 0 Å². The molecule has 1 aromatic heterocycles. The number of amides is 1. The first-order chi connectivity index (χ1) is 11.9. The molecular formula is C16H23F3N4O2. The Balaban J connectivity index is 2.17. The second-order valence-electron chi connectivity index (χ2n) is 6.17. The lowest BCUT2D eigenvalue weighted by Crippen LogP contribution is -2.45. The maximum Gasteiger partial charge on any atom is 0.433 e. The molecule has 9 heteroatoms. The van der Waals surface area contributed by atoms with Gasteiger partial charge in [0.15, 0.2) is 0 Å². The van der Waals surface area contributed by atoms with Crippen molar-refractivity contribution in [3.8, 4) is 0 Å². The smallest absolute Gasteiger partial charge is 0.394 e. The van der Waals surface area contributed by atoms with Gasteiger partial charge in [-0.05, 0) is 38.1 Å². The van der Waals surface area contributed by atoms with Crippen molar-refractivity contribution in [3.63, 3.8) is 0 Å². The summed E-state index contributed by atoms with van der Waals surface area (Å²) in [6, 6.07) is -0.501. The van der Waals surface area contributed by atoms with Crippen LogP contribution < -0.4 is 11.1 Å². The van der Waals surface area contributed by atoms with E-state index in [1.54, 1.807) is 0 Å². The van der Waals surface area contributed by atoms with E-state index < -0.39 is 29.7 Å². The van der Waals surface area contributed by atoms with E-state index in [2.05, 4.69) is 10.4 Å². The van der Waals surface area contributed by atoms with E-state index in [0.29, 0.717) is 6.42 Å². The third-order valence-electron chi connectivity index (χ3n) is 4.50. The number of halogens is 3. The average molecular weight is 360 g/mol. The van der Waals surface area contributed by atoms with Crippen molar-refractivity contribution in [1.82, 2.24) is 15.5 Å². The number of nitrogens with one attached hydrogen (secondary N) is 2. The average Bonchev–Trinajstić information content (AvgIpc) is 3.07. The monoisotopic (exact) mass is 360 g/mol. The third-order valence-corrected chi connectivity index (χ3v) is 4.50. The number of hydrogen-bond donors (Lipinski definition) is 4. The Morgan fingerprint density at radius 1 is 1.48 bits per heavy atom. The van der Waals surface area contributed by atoms with Gasteiger partial charge in [0, 0.05) is 5.56 Å². The van der Waals surface area contributed by atoms with Crippen LogP contribution in [-0.2, 0) is 11.0 Å². The second kappa shape index (κ2) is 8.48. The number of carbonyl (C=O) groups is 1. The number of H-pyrrole nitrogens is 1. The molecule has 3 atom stereocenters. The van der Waals surface area contributed by atoms with Gasteiger partial charge in [-0.15, -0.1) is 0 Å². The first-order valence-electron chi connectivity index (χ1n) is 8.25. The Labute approximate surface area is 143 Å². The molecular weight excluding hydrogens is 337 g/mol. The van der Waals surface area contributed by atoms with Gasteiger partial charge in [-0.25, -0.2) is 0 Å². The van der Waals surface area contributed by atoms with E-state index in [-0.39, 0.29) is 31.1 Å². The summed E-state index contributed by atoms with van der Waals surface area (Å²) in [5.74, 6) is -1.59. The molecule has 140 valence electrons. The van der Waals surface area contributed by atoms with E-state index >= 15 is 0 Å². The Hall–Kier alpha value is -1.87. The van der Waals surface area contributed by atoms with Crippen molar-refractivity contribution in [2.45, 2.75) is 43.8 Å². The van der Waals surface area contributed by atoms with E-state index in [1.807, 2.05) is 17.3 Å². The number of allylic oxidation sites excluding steroid dienone is 2. The molecule has 25 heavy (non-hydrogen) atoms. The van der Waals surface area contributed by atoms with Gasteiger partial charge in [0.25, 0.3) is 0 Å². The highest BCUT2D eigenvalue weighted by molar-refractivity contribution is 5.84. The molecule has 5 N–H and O–H groups in total. The van der Waals surface area contributed by atoms with Gasteiger partial charge in [0.1, 0.15) is 5.69 Å². The fraction of sp³-hybridized carbons (Fsp3) is 0.625. The summed E-state index contributed by atoms with van der Waals surface area (Å²) in [5, 5.41) is 17.6. The molecule has 3 unspecified atom stereocenters. The minimum Gasteiger partial charge on any atom is -0.394 e. The number of carbonyl (C=O) groups excluding carboxylic acids is 1. The van der Waals surface area contributed by atoms with Gasteiger partial charge in [-0.2, -0.15) is 18.3 Å². The number of nitrogens with zero attached hydrogens (tertiary/aromatic N) is 1. The molecule has 0 bridgehead atoms. The van der Waals surface area contributed by atoms with Crippen molar-refractivity contribution in [2.75, 3.05) is 13.2 Å². The highest BCUT2D eigenvalue weighted by Gasteiger charge is 2.39. The van der Waals surface area contributed by atoms with Crippen molar-refractivity contribution >= 4 is 5.91 Å². The lowest BCUT2D eigenvalue weighted by Gasteiger charge is -2.29. The van der Waals surface area contributed by atoms with Gasteiger partial charge in [-0.3, -0.25) is 9.89 Å². The lowest BCUT2D eigenvalue weighted by atomic mass is 9.87. The SMILES string of the molecule is NCCC(C(=O)NC(CO)C1CC=CCC1)c1cn[nH]c1C(F)(F)F. The molecule has 0 fully saturated rings. The second-order valence-corrected chi connectivity index (χ2v) is 6.17. The highest BCUT2D eigenvalue weighted by atomic mass is 19.4. The molecule has 6 nitrogen and oxygen atoms in total. The van der Waals surface area contributed by atoms with Crippen molar-refractivity contribution in [2.24, 2.45) is 11.7 Å². The Bertz CT molecular complexity index is 600. The summed E-state index contributed by atoms with van der Waals surface area (Å²) in [6.07, 6.45) is 2.82. The largest absolute Gasteiger partial charge is 0.433 e. The first-order valence-corrected chi connectivity index (χ1v) is 8.25. The number of aliphatic hydroxyl groups is 1. The molecule has 0 saturated carbocycles. The number of alkyl halides is 3. The summed E-state index contributed by atoms with van der Waals surface area (Å²) < 4.78 is 39.3. The Morgan fingerprint density at radius 3 is 2.80 bits per heavy atom. The zero-order valence-corrected chi connectivity index (χ0v) is 13.7. The zero-order valence-electron chi connectivity index (χ0n) is 13.7. The van der Waals surface area contributed by atoms with Crippen LogP contribution in [0.4, 0.5) is 13.2 Å². The van der Waals surface area contributed by atoms with Crippen LogP contribution in [0.1, 0.15) is 42.9 Å². The molecule has 0 saturated heterocycles. The van der Waals surface area contributed by atoms with E-state index in [0.717, 1.165) is 19.0 Å². The van der Waals surface area contributed by atoms with Crippen molar-refractivity contribution in [3.05, 3.63) is 29.6 Å². The van der Waals surface area contributed by atoms with Gasteiger partial charge >= 0.3 is 6.18 Å². The van der Waals surface area contributed by atoms with Gasteiger partial charge < -0.3 is 16.2 Å². The minimum absolute atomic E-state index is 0.0521. The molecule has 0 radical (unpaired) electrons. The number of rotatable bonds is 7. The van der Waals surface area contributed by atoms with Gasteiger partial charge in [0.2, 0.25) is 5.91 Å². The molecule has 1 heterocycles. The van der Waals surface area contributed by atoms with Crippen LogP contribution in [0.2, 0.25) is 0 Å². The molecule has 1 aliphatic carbocycles. The number of aromatic amines is 1. The minimum atomic E-state index is -4.64. The fourth-order valence-corrected chi connectivity index (χ4v) is 3.16. The zero-order chi connectivity index (χ0) is 18.4. The molecule has 1 amide bonds. The molecule has 0 spiro atoms. The quantitative estimate of drug-likeness (QED) is 0.556. The maximum absolute atomic E-state index is 13.1. The Kier molecular flexibility index (Phi) is 6.60. The first kappa shape index (κ1) is 19.5. The van der Waals surface area contributed by atoms with E-state index in [4.69, 9.17) is 5.73 Å². The number of hydrogen-bond acceptors (Lipinski definition) is 4. The summed E-state index contributed by atoms with van der Waals surface area (Å²) in [4.78, 5) is 12.6. The maximum atomic E-state index is 13.1. The summed E-state index contributed by atoms with van der Waals surface area (Å²) in [5.41, 5.74) is 4.22. The highest BCUT2D eigenvalue weighted by Crippen LogP contribution is 2.35. The van der Waals surface area contributed by atoms with Crippen LogP contribution in [0.3, 0.4) is 0 Å². The van der Waals surface area contributed by atoms with Gasteiger partial charge in [-0.1, -0.05) is 12.2 Å². The van der Waals surface area contributed by atoms with Crippen LogP contribution in [0.5, 0.6) is 0 Å². The predicted octanol–water partition coefficient (Wildman–Crippen LogP) is 1.69.